The minimum Gasteiger partial charge on any atom is -0.593 e. The highest BCUT2D eigenvalue weighted by Crippen LogP contribution is 2.24. The van der Waals surface area contributed by atoms with Gasteiger partial charge in [0.15, 0.2) is 0 Å². The normalized spacial score (nSPS) is 12.3. The van der Waals surface area contributed by atoms with Crippen LogP contribution >= 0.6 is 15.9 Å². The summed E-state index contributed by atoms with van der Waals surface area (Å²) in [5, 5.41) is 0. The third-order valence-electron chi connectivity index (χ3n) is 1.27. The van der Waals surface area contributed by atoms with Gasteiger partial charge < -0.3 is 9.29 Å². The maximum Gasteiger partial charge on any atom is 0.242 e. The van der Waals surface area contributed by atoms with Crippen molar-refractivity contribution in [3.05, 3.63) is 16.7 Å². The van der Waals surface area contributed by atoms with Crippen molar-refractivity contribution in [1.29, 1.82) is 0 Å². The number of nitrogens with zero attached hydrogens (tertiary/aromatic N) is 1. The summed E-state index contributed by atoms with van der Waals surface area (Å²) in [6.45, 7) is 0. The molecule has 0 saturated carbocycles. The largest absolute Gasteiger partial charge is 0.593 e. The standard InChI is InChI=1S/C7H9BrN2O2S/c1-12-7-5(10-13(2)11)3-4-6(8)9-7/h3-4,10H,1-2H3. The maximum absolute atomic E-state index is 10.9. The summed E-state index contributed by atoms with van der Waals surface area (Å²) >= 11 is 2.09. The predicted molar refractivity (Wildman–Crippen MR) is 56.2 cm³/mol. The summed E-state index contributed by atoms with van der Waals surface area (Å²) in [6, 6.07) is 3.50. The molecule has 0 aliphatic carbocycles. The quantitative estimate of drug-likeness (QED) is 0.665. The van der Waals surface area contributed by atoms with Gasteiger partial charge in [0.05, 0.1) is 18.5 Å². The van der Waals surface area contributed by atoms with Crippen LogP contribution in [0.15, 0.2) is 16.7 Å². The van der Waals surface area contributed by atoms with Gasteiger partial charge in [-0.25, -0.2) is 9.71 Å². The zero-order valence-corrected chi connectivity index (χ0v) is 9.61. The molecule has 0 aliphatic heterocycles. The predicted octanol–water partition coefficient (Wildman–Crippen LogP) is 1.56. The average Bonchev–Trinajstić information content (AvgIpc) is 2.07. The van der Waals surface area contributed by atoms with E-state index in [1.807, 2.05) is 0 Å². The van der Waals surface area contributed by atoms with E-state index in [1.54, 1.807) is 18.4 Å². The lowest BCUT2D eigenvalue weighted by molar-refractivity contribution is 0.399. The fraction of sp³-hybridized carbons (Fsp3) is 0.286. The van der Waals surface area contributed by atoms with E-state index < -0.39 is 11.4 Å². The van der Waals surface area contributed by atoms with E-state index >= 15 is 0 Å². The van der Waals surface area contributed by atoms with Crippen molar-refractivity contribution >= 4 is 33.0 Å². The van der Waals surface area contributed by atoms with Gasteiger partial charge in [-0.1, -0.05) is 0 Å². The summed E-state index contributed by atoms with van der Waals surface area (Å²) in [5.41, 5.74) is 0.617. The molecule has 1 atom stereocenters. The molecule has 6 heteroatoms. The molecule has 0 saturated heterocycles. The van der Waals surface area contributed by atoms with Gasteiger partial charge in [0.2, 0.25) is 5.88 Å². The molecule has 0 bridgehead atoms. The summed E-state index contributed by atoms with van der Waals surface area (Å²) < 4.78 is 19.3. The van der Waals surface area contributed by atoms with Crippen LogP contribution in [0.5, 0.6) is 5.88 Å². The van der Waals surface area contributed by atoms with Crippen LogP contribution in [-0.4, -0.2) is 22.9 Å². The molecule has 1 N–H and O–H groups in total. The number of nitrogens with one attached hydrogen (secondary N) is 1. The second-order valence-corrected chi connectivity index (χ2v) is 4.17. The topological polar surface area (TPSA) is 57.2 Å². The molecular formula is C7H9BrN2O2S. The first kappa shape index (κ1) is 10.6. The lowest BCUT2D eigenvalue weighted by atomic mass is 10.4. The molecule has 0 aliphatic rings. The molecule has 1 aromatic rings. The Morgan fingerprint density at radius 3 is 2.85 bits per heavy atom. The molecule has 0 aromatic carbocycles. The maximum atomic E-state index is 10.9. The Bertz CT molecular complexity index is 296. The SMILES string of the molecule is COc1nc(Br)ccc1N[S+](C)[O-]. The van der Waals surface area contributed by atoms with Crippen LogP contribution < -0.4 is 9.46 Å². The Labute approximate surface area is 88.1 Å². The minimum atomic E-state index is -1.12. The van der Waals surface area contributed by atoms with Crippen LogP contribution in [0.1, 0.15) is 0 Å². The van der Waals surface area contributed by atoms with Crippen LogP contribution in [0.3, 0.4) is 0 Å². The molecule has 0 amide bonds. The van der Waals surface area contributed by atoms with Crippen LogP contribution in [-0.2, 0) is 11.4 Å². The Kier molecular flexibility index (Phi) is 3.83. The second-order valence-electron chi connectivity index (χ2n) is 2.25. The monoisotopic (exact) mass is 264 g/mol. The van der Waals surface area contributed by atoms with Crippen molar-refractivity contribution in [3.8, 4) is 5.88 Å². The van der Waals surface area contributed by atoms with Gasteiger partial charge in [-0.05, 0) is 28.1 Å². The first-order chi connectivity index (χ1) is 6.13. The molecule has 72 valence electrons. The molecule has 1 unspecified atom stereocenters. The fourth-order valence-electron chi connectivity index (χ4n) is 0.806. The highest BCUT2D eigenvalue weighted by atomic mass is 79.9. The third kappa shape index (κ3) is 3.06. The Morgan fingerprint density at radius 2 is 2.31 bits per heavy atom. The summed E-state index contributed by atoms with van der Waals surface area (Å²) in [7, 11) is 1.51. The van der Waals surface area contributed by atoms with Crippen molar-refractivity contribution < 1.29 is 9.29 Å². The van der Waals surface area contributed by atoms with Crippen molar-refractivity contribution in [1.82, 2.24) is 4.98 Å². The number of pyridine rings is 1. The van der Waals surface area contributed by atoms with E-state index in [0.29, 0.717) is 16.2 Å². The van der Waals surface area contributed by atoms with E-state index in [0.717, 1.165) is 0 Å². The zero-order valence-electron chi connectivity index (χ0n) is 7.20. The number of halogens is 1. The molecule has 0 radical (unpaired) electrons. The van der Waals surface area contributed by atoms with E-state index in [1.165, 1.54) is 7.11 Å². The number of hydrogen-bond donors (Lipinski definition) is 1. The van der Waals surface area contributed by atoms with Gasteiger partial charge in [0, 0.05) is 0 Å². The Hall–Kier alpha value is -0.460. The smallest absolute Gasteiger partial charge is 0.242 e. The van der Waals surface area contributed by atoms with E-state index in [2.05, 4.69) is 25.6 Å². The number of methoxy groups -OCH3 is 1. The highest BCUT2D eigenvalue weighted by molar-refractivity contribution is 9.10. The number of hydrogen-bond acceptors (Lipinski definition) is 4. The first-order valence-electron chi connectivity index (χ1n) is 3.44. The van der Waals surface area contributed by atoms with Gasteiger partial charge >= 0.3 is 0 Å². The third-order valence-corrected chi connectivity index (χ3v) is 2.22. The van der Waals surface area contributed by atoms with E-state index in [9.17, 15) is 4.55 Å². The summed E-state index contributed by atoms with van der Waals surface area (Å²) in [6.07, 6.45) is 1.54. The van der Waals surface area contributed by atoms with Gasteiger partial charge in [-0.15, -0.1) is 0 Å². The van der Waals surface area contributed by atoms with Crippen LogP contribution in [0.25, 0.3) is 0 Å². The van der Waals surface area contributed by atoms with Crippen molar-refractivity contribution in [2.24, 2.45) is 0 Å². The second kappa shape index (κ2) is 4.69. The van der Waals surface area contributed by atoms with Gasteiger partial charge in [-0.3, -0.25) is 0 Å². The lowest BCUT2D eigenvalue weighted by Crippen LogP contribution is -2.11. The zero-order chi connectivity index (χ0) is 9.84. The number of aromatic nitrogens is 1. The summed E-state index contributed by atoms with van der Waals surface area (Å²) in [4.78, 5) is 4.04. The Balaban J connectivity index is 2.92. The molecular weight excluding hydrogens is 256 g/mol. The van der Waals surface area contributed by atoms with Gasteiger partial charge in [0.1, 0.15) is 16.5 Å². The fourth-order valence-corrected chi connectivity index (χ4v) is 1.56. The molecule has 1 rings (SSSR count). The van der Waals surface area contributed by atoms with Gasteiger partial charge in [-0.2, -0.15) is 0 Å². The van der Waals surface area contributed by atoms with Crippen LogP contribution in [0, 0.1) is 0 Å². The first-order valence-corrected chi connectivity index (χ1v) is 5.79. The average molecular weight is 265 g/mol. The van der Waals surface area contributed by atoms with Gasteiger partial charge in [0.25, 0.3) is 0 Å². The molecule has 13 heavy (non-hydrogen) atoms. The van der Waals surface area contributed by atoms with Crippen molar-refractivity contribution in [2.45, 2.75) is 0 Å². The van der Waals surface area contributed by atoms with Crippen molar-refractivity contribution in [2.75, 3.05) is 18.1 Å². The minimum absolute atomic E-state index is 0.421. The van der Waals surface area contributed by atoms with Crippen molar-refractivity contribution in [3.63, 3.8) is 0 Å². The van der Waals surface area contributed by atoms with E-state index in [-0.39, 0.29) is 0 Å². The van der Waals surface area contributed by atoms with Crippen LogP contribution in [0.2, 0.25) is 0 Å². The Morgan fingerprint density at radius 1 is 1.62 bits per heavy atom. The molecule has 1 heterocycles. The molecule has 0 spiro atoms. The molecule has 1 aromatic heterocycles. The number of ether oxygens (including phenoxy) is 1. The number of anilines is 1. The van der Waals surface area contributed by atoms with E-state index in [4.69, 9.17) is 4.74 Å². The highest BCUT2D eigenvalue weighted by Gasteiger charge is 2.08. The molecule has 4 nitrogen and oxygen atoms in total. The molecule has 0 fully saturated rings. The number of rotatable bonds is 3. The lowest BCUT2D eigenvalue weighted by Gasteiger charge is -2.09. The van der Waals surface area contributed by atoms with Crippen LogP contribution in [0.4, 0.5) is 5.69 Å². The summed E-state index contributed by atoms with van der Waals surface area (Å²) in [5.74, 6) is 0.421.